The maximum absolute atomic E-state index is 10.0. The molecule has 1 rings (SSSR count). The van der Waals surface area contributed by atoms with Crippen LogP contribution in [0.5, 0.6) is 0 Å². The standard InChI is InChI=1S/C13H24O4/c1-8(15)4-5-10-9(2)11(16)6-12(17)13(10,3)7-14/h4-5,8-12,14-17H,6-7H2,1-3H3. The molecule has 0 aromatic carbocycles. The van der Waals surface area contributed by atoms with Gasteiger partial charge >= 0.3 is 0 Å². The Morgan fingerprint density at radius 1 is 1.41 bits per heavy atom. The van der Waals surface area contributed by atoms with Crippen LogP contribution in [0, 0.1) is 17.3 Å². The molecule has 0 aliphatic heterocycles. The number of aliphatic hydroxyl groups is 4. The summed E-state index contributed by atoms with van der Waals surface area (Å²) in [5.41, 5.74) is -0.663. The summed E-state index contributed by atoms with van der Waals surface area (Å²) in [7, 11) is 0. The highest BCUT2D eigenvalue weighted by Crippen LogP contribution is 2.45. The molecule has 0 amide bonds. The number of hydrogen-bond acceptors (Lipinski definition) is 4. The Morgan fingerprint density at radius 2 is 2.00 bits per heavy atom. The van der Waals surface area contributed by atoms with Crippen LogP contribution in [0.3, 0.4) is 0 Å². The van der Waals surface area contributed by atoms with Crippen molar-refractivity contribution < 1.29 is 20.4 Å². The molecule has 0 heterocycles. The topological polar surface area (TPSA) is 80.9 Å². The quantitative estimate of drug-likeness (QED) is 0.538. The SMILES string of the molecule is CC(O)C=CC1C(C)C(O)CC(O)C1(C)CO. The van der Waals surface area contributed by atoms with Crippen LogP contribution in [0.1, 0.15) is 27.2 Å². The normalized spacial score (nSPS) is 45.1. The van der Waals surface area contributed by atoms with E-state index >= 15 is 0 Å². The molecule has 0 radical (unpaired) electrons. The van der Waals surface area contributed by atoms with Crippen LogP contribution in [-0.4, -0.2) is 45.3 Å². The van der Waals surface area contributed by atoms with E-state index in [2.05, 4.69) is 0 Å². The number of rotatable bonds is 3. The molecule has 4 heteroatoms. The first kappa shape index (κ1) is 14.6. The van der Waals surface area contributed by atoms with Crippen LogP contribution in [-0.2, 0) is 0 Å². The fraction of sp³-hybridized carbons (Fsp3) is 0.846. The lowest BCUT2D eigenvalue weighted by Crippen LogP contribution is -2.53. The molecule has 4 N–H and O–H groups in total. The lowest BCUT2D eigenvalue weighted by Gasteiger charge is -2.48. The van der Waals surface area contributed by atoms with E-state index in [1.165, 1.54) is 0 Å². The van der Waals surface area contributed by atoms with Gasteiger partial charge in [0.25, 0.3) is 0 Å². The van der Waals surface area contributed by atoms with E-state index in [0.717, 1.165) is 0 Å². The number of hydrogen-bond donors (Lipinski definition) is 4. The van der Waals surface area contributed by atoms with E-state index in [1.54, 1.807) is 19.1 Å². The molecule has 4 nitrogen and oxygen atoms in total. The van der Waals surface area contributed by atoms with Gasteiger partial charge in [-0.15, -0.1) is 0 Å². The minimum atomic E-state index is -0.734. The third-order valence-electron chi connectivity index (χ3n) is 4.10. The van der Waals surface area contributed by atoms with E-state index in [-0.39, 0.29) is 24.9 Å². The van der Waals surface area contributed by atoms with Crippen molar-refractivity contribution in [2.75, 3.05) is 6.61 Å². The van der Waals surface area contributed by atoms with Gasteiger partial charge in [-0.2, -0.15) is 0 Å². The number of aliphatic hydroxyl groups excluding tert-OH is 4. The highest BCUT2D eigenvalue weighted by atomic mass is 16.3. The second-order valence-corrected chi connectivity index (χ2v) is 5.49. The van der Waals surface area contributed by atoms with Crippen molar-refractivity contribution in [1.29, 1.82) is 0 Å². The molecule has 1 aliphatic rings. The highest BCUT2D eigenvalue weighted by molar-refractivity contribution is 5.07. The summed E-state index contributed by atoms with van der Waals surface area (Å²) in [6, 6.07) is 0. The molecule has 0 spiro atoms. The predicted molar refractivity (Wildman–Crippen MR) is 65.3 cm³/mol. The molecule has 1 aliphatic carbocycles. The molecule has 0 aromatic rings. The van der Waals surface area contributed by atoms with Crippen molar-refractivity contribution >= 4 is 0 Å². The third-order valence-corrected chi connectivity index (χ3v) is 4.10. The lowest BCUT2D eigenvalue weighted by atomic mass is 9.60. The second kappa shape index (κ2) is 5.48. The molecule has 1 fully saturated rings. The van der Waals surface area contributed by atoms with Crippen molar-refractivity contribution in [3.63, 3.8) is 0 Å². The maximum atomic E-state index is 10.0. The van der Waals surface area contributed by atoms with Gasteiger partial charge in [0.15, 0.2) is 0 Å². The zero-order valence-electron chi connectivity index (χ0n) is 10.7. The molecule has 17 heavy (non-hydrogen) atoms. The highest BCUT2D eigenvalue weighted by Gasteiger charge is 2.48. The van der Waals surface area contributed by atoms with Crippen LogP contribution >= 0.6 is 0 Å². The number of allylic oxidation sites excluding steroid dienone is 1. The van der Waals surface area contributed by atoms with Crippen molar-refractivity contribution in [3.8, 4) is 0 Å². The molecule has 0 saturated heterocycles. The Hall–Kier alpha value is -0.420. The van der Waals surface area contributed by atoms with Gasteiger partial charge in [-0.25, -0.2) is 0 Å². The molecular weight excluding hydrogens is 220 g/mol. The van der Waals surface area contributed by atoms with E-state index in [9.17, 15) is 20.4 Å². The Kier molecular flexibility index (Phi) is 4.72. The van der Waals surface area contributed by atoms with Gasteiger partial charge in [0, 0.05) is 11.8 Å². The molecule has 0 aromatic heterocycles. The second-order valence-electron chi connectivity index (χ2n) is 5.49. The summed E-state index contributed by atoms with van der Waals surface area (Å²) in [4.78, 5) is 0. The fourth-order valence-corrected chi connectivity index (χ4v) is 2.66. The smallest absolute Gasteiger partial charge is 0.0692 e. The predicted octanol–water partition coefficient (Wildman–Crippen LogP) is 0.300. The van der Waals surface area contributed by atoms with E-state index in [1.807, 2.05) is 13.8 Å². The Labute approximate surface area is 103 Å². The third kappa shape index (κ3) is 2.88. The van der Waals surface area contributed by atoms with Crippen LogP contribution in [0.15, 0.2) is 12.2 Å². The van der Waals surface area contributed by atoms with Crippen LogP contribution < -0.4 is 0 Å². The average molecular weight is 244 g/mol. The van der Waals surface area contributed by atoms with Gasteiger partial charge in [-0.1, -0.05) is 26.0 Å². The van der Waals surface area contributed by atoms with Crippen molar-refractivity contribution in [3.05, 3.63) is 12.2 Å². The Balaban J connectivity index is 2.99. The molecule has 1 saturated carbocycles. The monoisotopic (exact) mass is 244 g/mol. The Morgan fingerprint density at radius 3 is 2.47 bits per heavy atom. The first-order valence-corrected chi connectivity index (χ1v) is 6.16. The van der Waals surface area contributed by atoms with E-state index in [4.69, 9.17) is 0 Å². The summed E-state index contributed by atoms with van der Waals surface area (Å²) in [6.45, 7) is 5.23. The molecule has 100 valence electrons. The first-order valence-electron chi connectivity index (χ1n) is 6.16. The van der Waals surface area contributed by atoms with Crippen molar-refractivity contribution in [2.24, 2.45) is 17.3 Å². The zero-order valence-corrected chi connectivity index (χ0v) is 10.7. The summed E-state index contributed by atoms with van der Waals surface area (Å²) >= 11 is 0. The van der Waals surface area contributed by atoms with Gasteiger partial charge in [-0.3, -0.25) is 0 Å². The van der Waals surface area contributed by atoms with Gasteiger partial charge < -0.3 is 20.4 Å². The van der Waals surface area contributed by atoms with Gasteiger partial charge in [0.1, 0.15) is 0 Å². The molecule has 0 bridgehead atoms. The maximum Gasteiger partial charge on any atom is 0.0692 e. The van der Waals surface area contributed by atoms with Crippen LogP contribution in [0.2, 0.25) is 0 Å². The zero-order chi connectivity index (χ0) is 13.2. The fourth-order valence-electron chi connectivity index (χ4n) is 2.66. The molecule has 6 unspecified atom stereocenters. The van der Waals surface area contributed by atoms with Crippen molar-refractivity contribution in [1.82, 2.24) is 0 Å². The summed E-state index contributed by atoms with van der Waals surface area (Å²) in [6.07, 6.45) is 1.85. The summed E-state index contributed by atoms with van der Waals surface area (Å²) in [5.74, 6) is -0.202. The lowest BCUT2D eigenvalue weighted by molar-refractivity contribution is -0.122. The first-order chi connectivity index (χ1) is 7.82. The van der Waals surface area contributed by atoms with Crippen molar-refractivity contribution in [2.45, 2.75) is 45.5 Å². The van der Waals surface area contributed by atoms with E-state index in [0.29, 0.717) is 0 Å². The van der Waals surface area contributed by atoms with Crippen LogP contribution in [0.25, 0.3) is 0 Å². The van der Waals surface area contributed by atoms with Crippen LogP contribution in [0.4, 0.5) is 0 Å². The van der Waals surface area contributed by atoms with Gasteiger partial charge in [0.2, 0.25) is 0 Å². The molecular formula is C13H24O4. The van der Waals surface area contributed by atoms with E-state index < -0.39 is 23.7 Å². The minimum absolute atomic E-state index is 0.0504. The Bertz CT molecular complexity index is 277. The average Bonchev–Trinajstić information content (AvgIpc) is 2.26. The van der Waals surface area contributed by atoms with Gasteiger partial charge in [-0.05, 0) is 18.8 Å². The summed E-state index contributed by atoms with van der Waals surface area (Å²) < 4.78 is 0. The largest absolute Gasteiger partial charge is 0.396 e. The minimum Gasteiger partial charge on any atom is -0.396 e. The summed E-state index contributed by atoms with van der Waals surface area (Å²) in [5, 5.41) is 38.7. The van der Waals surface area contributed by atoms with Gasteiger partial charge in [0.05, 0.1) is 24.9 Å². The molecule has 6 atom stereocenters.